The fourth-order valence-corrected chi connectivity index (χ4v) is 2.82. The molecule has 0 unspecified atom stereocenters. The number of pyridine rings is 1. The number of ether oxygens (including phenoxy) is 1. The zero-order chi connectivity index (χ0) is 12.3. The number of sulfonamides is 1. The van der Waals surface area contributed by atoms with E-state index < -0.39 is 15.6 Å². The van der Waals surface area contributed by atoms with Gasteiger partial charge in [-0.3, -0.25) is 4.79 Å². The van der Waals surface area contributed by atoms with Crippen LogP contribution in [0.2, 0.25) is 0 Å². The summed E-state index contributed by atoms with van der Waals surface area (Å²) in [6.45, 7) is 0.870. The van der Waals surface area contributed by atoms with E-state index in [0.717, 1.165) is 12.8 Å². The summed E-state index contributed by atoms with van der Waals surface area (Å²) in [5.74, 6) is 0. The third-order valence-electron chi connectivity index (χ3n) is 2.60. The smallest absolute Gasteiger partial charge is 0.268 e. The lowest BCUT2D eigenvalue weighted by atomic mass is 10.2. The van der Waals surface area contributed by atoms with Gasteiger partial charge in [0.25, 0.3) is 5.56 Å². The fourth-order valence-electron chi connectivity index (χ4n) is 1.70. The lowest BCUT2D eigenvalue weighted by Gasteiger charge is -2.10. The summed E-state index contributed by atoms with van der Waals surface area (Å²) >= 11 is 0. The van der Waals surface area contributed by atoms with E-state index in [4.69, 9.17) is 4.74 Å². The number of aromatic nitrogens is 1. The highest BCUT2D eigenvalue weighted by Crippen LogP contribution is 2.11. The summed E-state index contributed by atoms with van der Waals surface area (Å²) < 4.78 is 31.3. The van der Waals surface area contributed by atoms with Gasteiger partial charge < -0.3 is 9.72 Å². The van der Waals surface area contributed by atoms with E-state index in [-0.39, 0.29) is 17.5 Å². The van der Waals surface area contributed by atoms with Crippen LogP contribution >= 0.6 is 0 Å². The Morgan fingerprint density at radius 2 is 2.35 bits per heavy atom. The second kappa shape index (κ2) is 4.99. The van der Waals surface area contributed by atoms with Gasteiger partial charge in [0.15, 0.2) is 0 Å². The Kier molecular flexibility index (Phi) is 3.60. The van der Waals surface area contributed by atoms with Crippen molar-refractivity contribution >= 4 is 10.0 Å². The van der Waals surface area contributed by atoms with E-state index in [2.05, 4.69) is 9.71 Å². The van der Waals surface area contributed by atoms with Gasteiger partial charge in [-0.05, 0) is 25.0 Å². The summed E-state index contributed by atoms with van der Waals surface area (Å²) in [6, 6.07) is 2.75. The van der Waals surface area contributed by atoms with Crippen molar-refractivity contribution in [3.63, 3.8) is 0 Å². The molecule has 17 heavy (non-hydrogen) atoms. The molecule has 2 rings (SSSR count). The maximum atomic E-state index is 11.8. The van der Waals surface area contributed by atoms with Crippen LogP contribution in [0, 0.1) is 0 Å². The molecule has 0 bridgehead atoms. The molecular weight excluding hydrogens is 244 g/mol. The second-order valence-electron chi connectivity index (χ2n) is 3.85. The minimum atomic E-state index is -3.75. The summed E-state index contributed by atoms with van der Waals surface area (Å²) in [7, 11) is -3.75. The molecule has 0 amide bonds. The molecule has 0 radical (unpaired) electrons. The Morgan fingerprint density at radius 3 is 3.00 bits per heavy atom. The van der Waals surface area contributed by atoms with E-state index in [1.807, 2.05) is 0 Å². The van der Waals surface area contributed by atoms with Crippen LogP contribution in [0.3, 0.4) is 0 Å². The zero-order valence-corrected chi connectivity index (χ0v) is 10.00. The van der Waals surface area contributed by atoms with Crippen LogP contribution in [0.5, 0.6) is 0 Å². The van der Waals surface area contributed by atoms with Crippen LogP contribution in [-0.2, 0) is 14.8 Å². The van der Waals surface area contributed by atoms with Gasteiger partial charge in [0.05, 0.1) is 6.10 Å². The van der Waals surface area contributed by atoms with Crippen molar-refractivity contribution in [2.75, 3.05) is 13.2 Å². The minimum absolute atomic E-state index is 0.0902. The van der Waals surface area contributed by atoms with E-state index >= 15 is 0 Å². The molecule has 1 atom stereocenters. The number of hydrogen-bond acceptors (Lipinski definition) is 4. The highest BCUT2D eigenvalue weighted by molar-refractivity contribution is 7.89. The fraction of sp³-hybridized carbons (Fsp3) is 0.500. The molecule has 1 aromatic heterocycles. The first kappa shape index (κ1) is 12.3. The first-order valence-electron chi connectivity index (χ1n) is 5.38. The van der Waals surface area contributed by atoms with Crippen molar-refractivity contribution in [2.45, 2.75) is 23.8 Å². The summed E-state index contributed by atoms with van der Waals surface area (Å²) in [6.07, 6.45) is 3.08. The molecule has 94 valence electrons. The average molecular weight is 258 g/mol. The number of hydrogen-bond donors (Lipinski definition) is 2. The van der Waals surface area contributed by atoms with Gasteiger partial charge in [0.1, 0.15) is 4.90 Å². The van der Waals surface area contributed by atoms with Gasteiger partial charge in [-0.15, -0.1) is 0 Å². The summed E-state index contributed by atoms with van der Waals surface area (Å²) in [5.41, 5.74) is -0.618. The third-order valence-corrected chi connectivity index (χ3v) is 4.04. The van der Waals surface area contributed by atoms with Gasteiger partial charge in [0.2, 0.25) is 10.0 Å². The van der Waals surface area contributed by atoms with E-state index in [9.17, 15) is 13.2 Å². The molecule has 1 fully saturated rings. The topological polar surface area (TPSA) is 88.3 Å². The Labute approximate surface area is 99.1 Å². The van der Waals surface area contributed by atoms with Crippen molar-refractivity contribution in [1.29, 1.82) is 0 Å². The Hall–Kier alpha value is -1.18. The molecule has 0 aliphatic carbocycles. The SMILES string of the molecule is O=c1[nH]cccc1S(=O)(=O)NC[C@H]1CCCO1. The van der Waals surface area contributed by atoms with Crippen molar-refractivity contribution in [3.05, 3.63) is 28.7 Å². The van der Waals surface area contributed by atoms with Crippen LogP contribution in [0.1, 0.15) is 12.8 Å². The van der Waals surface area contributed by atoms with Gasteiger partial charge in [-0.2, -0.15) is 0 Å². The molecule has 1 aromatic rings. The lowest BCUT2D eigenvalue weighted by Crippen LogP contribution is -2.34. The van der Waals surface area contributed by atoms with E-state index in [0.29, 0.717) is 6.61 Å². The van der Waals surface area contributed by atoms with Crippen LogP contribution in [0.4, 0.5) is 0 Å². The number of nitrogens with one attached hydrogen (secondary N) is 2. The second-order valence-corrected chi connectivity index (χ2v) is 5.59. The quantitative estimate of drug-likeness (QED) is 0.785. The Morgan fingerprint density at radius 1 is 1.53 bits per heavy atom. The molecular formula is C10H14N2O4S. The average Bonchev–Trinajstić information content (AvgIpc) is 2.80. The Balaban J connectivity index is 2.08. The first-order chi connectivity index (χ1) is 8.09. The van der Waals surface area contributed by atoms with E-state index in [1.54, 1.807) is 0 Å². The van der Waals surface area contributed by atoms with Crippen molar-refractivity contribution in [1.82, 2.24) is 9.71 Å². The van der Waals surface area contributed by atoms with Crippen LogP contribution in [0.25, 0.3) is 0 Å². The zero-order valence-electron chi connectivity index (χ0n) is 9.18. The predicted octanol–water partition coefficient (Wildman–Crippen LogP) is -0.168. The normalized spacial score (nSPS) is 20.6. The van der Waals surface area contributed by atoms with Crippen molar-refractivity contribution in [2.24, 2.45) is 0 Å². The maximum absolute atomic E-state index is 11.8. The van der Waals surface area contributed by atoms with Crippen molar-refractivity contribution < 1.29 is 13.2 Å². The number of aromatic amines is 1. The van der Waals surface area contributed by atoms with Gasteiger partial charge in [-0.25, -0.2) is 13.1 Å². The molecule has 7 heteroatoms. The molecule has 0 aromatic carbocycles. The molecule has 0 saturated carbocycles. The summed E-state index contributed by atoms with van der Waals surface area (Å²) in [4.78, 5) is 13.4. The standard InChI is InChI=1S/C10H14N2O4S/c13-10-9(4-1-5-11-10)17(14,15)12-7-8-3-2-6-16-8/h1,4-5,8,12H,2-3,6-7H2,(H,11,13)/t8-/m1/s1. The molecule has 0 spiro atoms. The minimum Gasteiger partial charge on any atom is -0.377 e. The molecule has 1 aliphatic heterocycles. The third kappa shape index (κ3) is 2.93. The van der Waals surface area contributed by atoms with Crippen LogP contribution < -0.4 is 10.3 Å². The molecule has 6 nitrogen and oxygen atoms in total. The molecule has 1 saturated heterocycles. The predicted molar refractivity (Wildman–Crippen MR) is 61.2 cm³/mol. The van der Waals surface area contributed by atoms with Crippen LogP contribution in [-0.4, -0.2) is 32.7 Å². The molecule has 1 aliphatic rings. The summed E-state index contributed by atoms with van der Waals surface area (Å²) in [5, 5.41) is 0. The highest BCUT2D eigenvalue weighted by atomic mass is 32.2. The largest absolute Gasteiger partial charge is 0.377 e. The van der Waals surface area contributed by atoms with Crippen molar-refractivity contribution in [3.8, 4) is 0 Å². The number of H-pyrrole nitrogens is 1. The van der Waals surface area contributed by atoms with Gasteiger partial charge in [0, 0.05) is 19.3 Å². The van der Waals surface area contributed by atoms with Gasteiger partial charge in [-0.1, -0.05) is 0 Å². The maximum Gasteiger partial charge on any atom is 0.268 e. The number of rotatable bonds is 4. The Bertz CT molecular complexity index is 531. The van der Waals surface area contributed by atoms with Gasteiger partial charge >= 0.3 is 0 Å². The monoisotopic (exact) mass is 258 g/mol. The molecule has 2 N–H and O–H groups in total. The lowest BCUT2D eigenvalue weighted by molar-refractivity contribution is 0.114. The van der Waals surface area contributed by atoms with E-state index in [1.165, 1.54) is 18.3 Å². The van der Waals surface area contributed by atoms with Crippen LogP contribution in [0.15, 0.2) is 28.0 Å². The first-order valence-corrected chi connectivity index (χ1v) is 6.87. The highest BCUT2D eigenvalue weighted by Gasteiger charge is 2.21. The molecule has 2 heterocycles.